The molecule has 0 radical (unpaired) electrons. The van der Waals surface area contributed by atoms with Crippen molar-refractivity contribution in [1.82, 2.24) is 5.32 Å². The van der Waals surface area contributed by atoms with Crippen molar-refractivity contribution in [3.05, 3.63) is 63.1 Å². The van der Waals surface area contributed by atoms with E-state index in [-0.39, 0.29) is 18.5 Å². The minimum Gasteiger partial charge on any atom is -0.322 e. The number of rotatable bonds is 5. The van der Waals surface area contributed by atoms with Crippen LogP contribution in [0.2, 0.25) is 15.1 Å². The molecule has 116 valence electrons. The van der Waals surface area contributed by atoms with Gasteiger partial charge in [0.15, 0.2) is 0 Å². The van der Waals surface area contributed by atoms with E-state index in [0.717, 1.165) is 5.56 Å². The summed E-state index contributed by atoms with van der Waals surface area (Å²) in [5.41, 5.74) is 1.36. The number of halogens is 3. The summed E-state index contributed by atoms with van der Waals surface area (Å²) in [5, 5.41) is 7.29. The zero-order valence-corrected chi connectivity index (χ0v) is 14.1. The maximum atomic E-state index is 12.0. The minimum atomic E-state index is -0.228. The monoisotopic (exact) mass is 356 g/mol. The normalized spacial score (nSPS) is 12.0. The summed E-state index contributed by atoms with van der Waals surface area (Å²) in [6, 6.07) is 12.5. The van der Waals surface area contributed by atoms with Gasteiger partial charge in [-0.2, -0.15) is 0 Å². The quantitative estimate of drug-likeness (QED) is 0.796. The van der Waals surface area contributed by atoms with Gasteiger partial charge in [0.05, 0.1) is 22.3 Å². The van der Waals surface area contributed by atoms with Crippen molar-refractivity contribution in [1.29, 1.82) is 0 Å². The Labute approximate surface area is 144 Å². The largest absolute Gasteiger partial charge is 0.322 e. The van der Waals surface area contributed by atoms with Gasteiger partial charge in [0.25, 0.3) is 0 Å². The lowest BCUT2D eigenvalue weighted by Crippen LogP contribution is -2.30. The second kappa shape index (κ2) is 7.84. The highest BCUT2D eigenvalue weighted by atomic mass is 35.5. The molecule has 0 heterocycles. The molecule has 2 aromatic carbocycles. The lowest BCUT2D eigenvalue weighted by atomic mass is 10.1. The molecule has 22 heavy (non-hydrogen) atoms. The summed E-state index contributed by atoms with van der Waals surface area (Å²) in [6.45, 7) is 2.06. The van der Waals surface area contributed by atoms with Gasteiger partial charge >= 0.3 is 0 Å². The van der Waals surface area contributed by atoms with Crippen molar-refractivity contribution in [2.24, 2.45) is 0 Å². The van der Waals surface area contributed by atoms with Crippen LogP contribution in [0.15, 0.2) is 42.5 Å². The summed E-state index contributed by atoms with van der Waals surface area (Å²) in [7, 11) is 0. The first-order chi connectivity index (χ1) is 10.5. The molecule has 1 unspecified atom stereocenters. The Hall–Kier alpha value is -1.26. The highest BCUT2D eigenvalue weighted by Gasteiger charge is 2.12. The van der Waals surface area contributed by atoms with Gasteiger partial charge in [-0.05, 0) is 30.7 Å². The van der Waals surface area contributed by atoms with Gasteiger partial charge in [0, 0.05) is 11.1 Å². The average molecular weight is 358 g/mol. The smallest absolute Gasteiger partial charge is 0.238 e. The SMILES string of the molecule is CC(NCC(=O)Nc1c(Cl)cccc1Cl)c1ccccc1Cl. The third-order valence-corrected chi connectivity index (χ3v) is 4.14. The molecule has 0 aromatic heterocycles. The zero-order valence-electron chi connectivity index (χ0n) is 11.9. The van der Waals surface area contributed by atoms with E-state index < -0.39 is 0 Å². The molecule has 0 aliphatic heterocycles. The van der Waals surface area contributed by atoms with E-state index in [9.17, 15) is 4.79 Å². The minimum absolute atomic E-state index is 0.0545. The Kier molecular flexibility index (Phi) is 6.09. The number of benzene rings is 2. The maximum absolute atomic E-state index is 12.0. The van der Waals surface area contributed by atoms with E-state index in [4.69, 9.17) is 34.8 Å². The molecule has 2 aromatic rings. The van der Waals surface area contributed by atoms with Gasteiger partial charge < -0.3 is 10.6 Å². The van der Waals surface area contributed by atoms with Crippen LogP contribution in [0.5, 0.6) is 0 Å². The van der Waals surface area contributed by atoms with E-state index in [1.54, 1.807) is 18.2 Å². The highest BCUT2D eigenvalue weighted by molar-refractivity contribution is 6.39. The van der Waals surface area contributed by atoms with E-state index >= 15 is 0 Å². The molecule has 0 aliphatic rings. The lowest BCUT2D eigenvalue weighted by Gasteiger charge is -2.16. The molecule has 2 N–H and O–H groups in total. The van der Waals surface area contributed by atoms with Crippen LogP contribution < -0.4 is 10.6 Å². The van der Waals surface area contributed by atoms with E-state index in [1.807, 2.05) is 31.2 Å². The molecule has 0 saturated heterocycles. The van der Waals surface area contributed by atoms with Crippen LogP contribution in [-0.4, -0.2) is 12.5 Å². The molecule has 0 spiro atoms. The van der Waals surface area contributed by atoms with E-state index in [2.05, 4.69) is 10.6 Å². The standard InChI is InChI=1S/C16H15Cl3N2O/c1-10(11-5-2-3-6-12(11)17)20-9-15(22)21-16-13(18)7-4-8-14(16)19/h2-8,10,20H,9H2,1H3,(H,21,22). The summed E-state index contributed by atoms with van der Waals surface area (Å²) >= 11 is 18.2. The molecule has 0 aliphatic carbocycles. The van der Waals surface area contributed by atoms with Crippen LogP contribution >= 0.6 is 34.8 Å². The van der Waals surface area contributed by atoms with Crippen LogP contribution in [0, 0.1) is 0 Å². The molecular weight excluding hydrogens is 343 g/mol. The van der Waals surface area contributed by atoms with Crippen molar-refractivity contribution in [3.63, 3.8) is 0 Å². The van der Waals surface area contributed by atoms with Gasteiger partial charge in [-0.1, -0.05) is 59.1 Å². The van der Waals surface area contributed by atoms with Crippen molar-refractivity contribution in [2.75, 3.05) is 11.9 Å². The molecule has 2 rings (SSSR count). The van der Waals surface area contributed by atoms with E-state index in [0.29, 0.717) is 20.8 Å². The summed E-state index contributed by atoms with van der Waals surface area (Å²) < 4.78 is 0. The Morgan fingerprint density at radius 1 is 1.00 bits per heavy atom. The molecule has 1 amide bonds. The number of carbonyl (C=O) groups excluding carboxylic acids is 1. The van der Waals surface area contributed by atoms with Gasteiger partial charge in [-0.3, -0.25) is 4.79 Å². The number of nitrogens with one attached hydrogen (secondary N) is 2. The number of amides is 1. The van der Waals surface area contributed by atoms with Crippen LogP contribution in [0.1, 0.15) is 18.5 Å². The third kappa shape index (κ3) is 4.37. The third-order valence-electron chi connectivity index (χ3n) is 3.17. The second-order valence-corrected chi connectivity index (χ2v) is 5.99. The van der Waals surface area contributed by atoms with Crippen LogP contribution in [0.3, 0.4) is 0 Å². The van der Waals surface area contributed by atoms with Gasteiger partial charge in [-0.15, -0.1) is 0 Å². The number of para-hydroxylation sites is 1. The Morgan fingerprint density at radius 3 is 2.23 bits per heavy atom. The first kappa shape index (κ1) is 17.1. The van der Waals surface area contributed by atoms with Crippen LogP contribution in [0.4, 0.5) is 5.69 Å². The average Bonchev–Trinajstić information content (AvgIpc) is 2.49. The van der Waals surface area contributed by atoms with Gasteiger partial charge in [0.2, 0.25) is 5.91 Å². The fraction of sp³-hybridized carbons (Fsp3) is 0.188. The zero-order chi connectivity index (χ0) is 16.1. The van der Waals surface area contributed by atoms with Crippen LogP contribution in [0.25, 0.3) is 0 Å². The van der Waals surface area contributed by atoms with E-state index in [1.165, 1.54) is 0 Å². The highest BCUT2D eigenvalue weighted by Crippen LogP contribution is 2.29. The predicted molar refractivity (Wildman–Crippen MR) is 93.0 cm³/mol. The second-order valence-electron chi connectivity index (χ2n) is 4.77. The van der Waals surface area contributed by atoms with Crippen LogP contribution in [-0.2, 0) is 4.79 Å². The Balaban J connectivity index is 1.95. The number of hydrogen-bond acceptors (Lipinski definition) is 2. The van der Waals surface area contributed by atoms with Gasteiger partial charge in [0.1, 0.15) is 0 Å². The van der Waals surface area contributed by atoms with Crippen molar-refractivity contribution in [2.45, 2.75) is 13.0 Å². The first-order valence-corrected chi connectivity index (χ1v) is 7.84. The fourth-order valence-electron chi connectivity index (χ4n) is 1.98. The summed E-state index contributed by atoms with van der Waals surface area (Å²) in [6.07, 6.45) is 0. The first-order valence-electron chi connectivity index (χ1n) is 6.70. The number of anilines is 1. The number of carbonyl (C=O) groups is 1. The summed E-state index contributed by atoms with van der Waals surface area (Å²) in [4.78, 5) is 12.0. The molecule has 6 heteroatoms. The molecule has 1 atom stereocenters. The molecule has 0 bridgehead atoms. The fourth-order valence-corrected chi connectivity index (χ4v) is 2.77. The summed E-state index contributed by atoms with van der Waals surface area (Å²) in [5.74, 6) is -0.228. The van der Waals surface area contributed by atoms with Crippen molar-refractivity contribution < 1.29 is 4.79 Å². The molecule has 0 saturated carbocycles. The molecular formula is C16H15Cl3N2O. The topological polar surface area (TPSA) is 41.1 Å². The van der Waals surface area contributed by atoms with Gasteiger partial charge in [-0.25, -0.2) is 0 Å². The molecule has 3 nitrogen and oxygen atoms in total. The predicted octanol–water partition coefficient (Wildman–Crippen LogP) is 4.94. The Bertz CT molecular complexity index is 656. The van der Waals surface area contributed by atoms with Crippen molar-refractivity contribution >= 4 is 46.4 Å². The van der Waals surface area contributed by atoms with Crippen molar-refractivity contribution in [3.8, 4) is 0 Å². The lowest BCUT2D eigenvalue weighted by molar-refractivity contribution is -0.115. The Morgan fingerprint density at radius 2 is 1.59 bits per heavy atom. The number of hydrogen-bond donors (Lipinski definition) is 2. The maximum Gasteiger partial charge on any atom is 0.238 e. The molecule has 0 fully saturated rings.